The van der Waals surface area contributed by atoms with Crippen LogP contribution in [0, 0.1) is 5.92 Å². The van der Waals surface area contributed by atoms with E-state index in [9.17, 15) is 9.90 Å². The number of benzene rings is 3. The number of carboxylic acid groups (broad SMARTS) is 1. The Balaban J connectivity index is 1.52. The second kappa shape index (κ2) is 10.7. The van der Waals surface area contributed by atoms with Crippen molar-refractivity contribution in [3.8, 4) is 5.75 Å². The Morgan fingerprint density at radius 1 is 1.11 bits per heavy atom. The number of carboxylic acids is 1. The van der Waals surface area contributed by atoms with Crippen LogP contribution in [-0.4, -0.2) is 47.6 Å². The number of thioether (sulfide) groups is 1. The summed E-state index contributed by atoms with van der Waals surface area (Å²) in [5.41, 5.74) is 2.32. The highest BCUT2D eigenvalue weighted by molar-refractivity contribution is 7.98. The van der Waals surface area contributed by atoms with E-state index in [2.05, 4.69) is 64.8 Å². The van der Waals surface area contributed by atoms with Crippen LogP contribution < -0.4 is 10.1 Å². The molecule has 0 radical (unpaired) electrons. The summed E-state index contributed by atoms with van der Waals surface area (Å²) in [6.45, 7) is 1.20. The minimum atomic E-state index is -1.12. The van der Waals surface area contributed by atoms with Gasteiger partial charge in [0.05, 0.1) is 7.11 Å². The van der Waals surface area contributed by atoms with E-state index in [4.69, 9.17) is 4.74 Å². The first-order valence-electron chi connectivity index (χ1n) is 12.6. The highest BCUT2D eigenvalue weighted by Gasteiger charge is 2.56. The van der Waals surface area contributed by atoms with Gasteiger partial charge in [0.1, 0.15) is 5.75 Å². The summed E-state index contributed by atoms with van der Waals surface area (Å²) < 4.78 is 5.60. The van der Waals surface area contributed by atoms with Crippen LogP contribution in [0.3, 0.4) is 0 Å². The number of methoxy groups -OCH3 is 1. The number of nitrogens with zero attached hydrogens (tertiary/aromatic N) is 1. The molecule has 0 spiro atoms. The molecule has 2 N–H and O–H groups in total. The largest absolute Gasteiger partial charge is 0.496 e. The van der Waals surface area contributed by atoms with Gasteiger partial charge in [0, 0.05) is 35.5 Å². The van der Waals surface area contributed by atoms with E-state index in [1.807, 2.05) is 30.5 Å². The topological polar surface area (TPSA) is 61.8 Å². The molecule has 188 valence electrons. The van der Waals surface area contributed by atoms with Crippen LogP contribution in [0.4, 0.5) is 0 Å². The van der Waals surface area contributed by atoms with Crippen molar-refractivity contribution in [2.24, 2.45) is 5.92 Å². The Labute approximate surface area is 217 Å². The maximum atomic E-state index is 13.1. The van der Waals surface area contributed by atoms with Gasteiger partial charge in [-0.05, 0) is 60.8 Å². The van der Waals surface area contributed by atoms with Gasteiger partial charge in [-0.1, -0.05) is 60.7 Å². The van der Waals surface area contributed by atoms with E-state index < -0.39 is 11.6 Å². The highest BCUT2D eigenvalue weighted by atomic mass is 32.2. The zero-order chi connectivity index (χ0) is 25.1. The lowest BCUT2D eigenvalue weighted by Gasteiger charge is -2.58. The molecule has 3 aliphatic rings. The maximum absolute atomic E-state index is 13.1. The number of piperidine rings is 3. The molecule has 3 aromatic rings. The van der Waals surface area contributed by atoms with Crippen LogP contribution in [-0.2, 0) is 11.3 Å². The first-order valence-corrected chi connectivity index (χ1v) is 13.8. The van der Waals surface area contributed by atoms with E-state index in [-0.39, 0.29) is 12.0 Å². The third-order valence-corrected chi connectivity index (χ3v) is 8.67. The molecule has 36 heavy (non-hydrogen) atoms. The third-order valence-electron chi connectivity index (χ3n) is 7.94. The number of fused-ring (bicyclic) bond motifs is 3. The predicted molar refractivity (Wildman–Crippen MR) is 145 cm³/mol. The fourth-order valence-electron chi connectivity index (χ4n) is 6.26. The number of rotatable bonds is 9. The van der Waals surface area contributed by atoms with Crippen LogP contribution in [0.2, 0.25) is 0 Å². The van der Waals surface area contributed by atoms with Crippen LogP contribution in [0.15, 0.2) is 83.8 Å². The molecular formula is C30H34N2O3S. The first kappa shape index (κ1) is 24.9. The molecule has 5 nitrogen and oxygen atoms in total. The minimum absolute atomic E-state index is 0.0883. The van der Waals surface area contributed by atoms with Crippen LogP contribution >= 0.6 is 11.8 Å². The van der Waals surface area contributed by atoms with Crippen LogP contribution in [0.5, 0.6) is 5.75 Å². The Morgan fingerprint density at radius 2 is 1.78 bits per heavy atom. The lowest BCUT2D eigenvalue weighted by molar-refractivity contribution is -0.172. The zero-order valence-corrected chi connectivity index (χ0v) is 21.7. The van der Waals surface area contributed by atoms with Crippen molar-refractivity contribution in [3.63, 3.8) is 0 Å². The quantitative estimate of drug-likeness (QED) is 0.371. The summed E-state index contributed by atoms with van der Waals surface area (Å²) >= 11 is 1.67. The van der Waals surface area contributed by atoms with Gasteiger partial charge in [-0.2, -0.15) is 0 Å². The third kappa shape index (κ3) is 4.65. The maximum Gasteiger partial charge on any atom is 0.339 e. The first-order chi connectivity index (χ1) is 17.6. The Morgan fingerprint density at radius 3 is 2.33 bits per heavy atom. The fourth-order valence-corrected chi connectivity index (χ4v) is 6.73. The van der Waals surface area contributed by atoms with Crippen LogP contribution in [0.25, 0.3) is 0 Å². The number of hydrogen-bond acceptors (Lipinski definition) is 5. The molecule has 3 aromatic carbocycles. The molecule has 0 saturated carbocycles. The molecule has 6 heteroatoms. The van der Waals surface area contributed by atoms with Crippen LogP contribution in [0.1, 0.15) is 41.9 Å². The van der Waals surface area contributed by atoms with Crippen molar-refractivity contribution in [2.45, 2.75) is 48.3 Å². The van der Waals surface area contributed by atoms with Gasteiger partial charge >= 0.3 is 5.97 Å². The predicted octanol–water partition coefficient (Wildman–Crippen LogP) is 5.60. The molecule has 3 saturated heterocycles. The molecule has 0 aromatic heterocycles. The summed E-state index contributed by atoms with van der Waals surface area (Å²) in [6, 6.07) is 27.3. The van der Waals surface area contributed by atoms with E-state index in [0.717, 1.165) is 35.6 Å². The molecule has 6 rings (SSSR count). The average Bonchev–Trinajstić information content (AvgIpc) is 2.93. The standard InChI is InChI=1S/C30H34N2O3S/c1-35-27-14-13-25(36-2)18-24(27)20-31-30(29(33)34)19-21-15-16-32(30)26(17-21)28(22-9-5-3-6-10-22)23-11-7-4-8-12-23/h3-14,18,21,26,28,31H,15-17,19-20H2,1-2H3,(H,33,34). The molecular weight excluding hydrogens is 468 g/mol. The van der Waals surface area contributed by atoms with E-state index >= 15 is 0 Å². The summed E-state index contributed by atoms with van der Waals surface area (Å²) in [6.07, 6.45) is 4.69. The van der Waals surface area contributed by atoms with E-state index in [1.165, 1.54) is 11.1 Å². The second-order valence-electron chi connectivity index (χ2n) is 9.85. The smallest absolute Gasteiger partial charge is 0.339 e. The Hall–Kier alpha value is -2.80. The Kier molecular flexibility index (Phi) is 7.37. The van der Waals surface area contributed by atoms with Crippen molar-refractivity contribution < 1.29 is 14.6 Å². The molecule has 2 bridgehead atoms. The van der Waals surface area contributed by atoms with Crippen molar-refractivity contribution in [1.82, 2.24) is 10.2 Å². The molecule has 3 aliphatic heterocycles. The van der Waals surface area contributed by atoms with E-state index in [0.29, 0.717) is 18.9 Å². The number of aliphatic carboxylic acids is 1. The fraction of sp³-hybridized carbons (Fsp3) is 0.367. The van der Waals surface area contributed by atoms with Crippen molar-refractivity contribution in [3.05, 3.63) is 95.6 Å². The van der Waals surface area contributed by atoms with Gasteiger partial charge in [-0.3, -0.25) is 10.2 Å². The average molecular weight is 503 g/mol. The summed E-state index contributed by atoms with van der Waals surface area (Å²) in [5.74, 6) is 0.444. The van der Waals surface area contributed by atoms with Gasteiger partial charge in [0.2, 0.25) is 0 Å². The van der Waals surface area contributed by atoms with Gasteiger partial charge in [0.15, 0.2) is 5.66 Å². The molecule has 0 amide bonds. The monoisotopic (exact) mass is 502 g/mol. The van der Waals surface area contributed by atoms with Crippen molar-refractivity contribution in [1.29, 1.82) is 0 Å². The second-order valence-corrected chi connectivity index (χ2v) is 10.7. The summed E-state index contributed by atoms with van der Waals surface area (Å²) in [7, 11) is 1.66. The number of carbonyl (C=O) groups is 1. The number of hydrogen-bond donors (Lipinski definition) is 2. The number of ether oxygens (including phenoxy) is 1. The molecule has 4 unspecified atom stereocenters. The number of nitrogens with one attached hydrogen (secondary N) is 1. The van der Waals surface area contributed by atoms with Gasteiger partial charge in [-0.25, -0.2) is 4.79 Å². The summed E-state index contributed by atoms with van der Waals surface area (Å²) in [5, 5.41) is 14.3. The molecule has 3 heterocycles. The molecule has 3 fully saturated rings. The van der Waals surface area contributed by atoms with Gasteiger partial charge in [-0.15, -0.1) is 11.8 Å². The minimum Gasteiger partial charge on any atom is -0.496 e. The normalized spacial score (nSPS) is 25.1. The van der Waals surface area contributed by atoms with Crippen molar-refractivity contribution >= 4 is 17.7 Å². The lowest BCUT2D eigenvalue weighted by atomic mass is 9.69. The van der Waals surface area contributed by atoms with Gasteiger partial charge < -0.3 is 9.84 Å². The molecule has 4 atom stereocenters. The lowest BCUT2D eigenvalue weighted by Crippen LogP contribution is -2.73. The van der Waals surface area contributed by atoms with E-state index in [1.54, 1.807) is 18.9 Å². The summed E-state index contributed by atoms with van der Waals surface area (Å²) in [4.78, 5) is 16.5. The zero-order valence-electron chi connectivity index (χ0n) is 20.9. The Bertz CT molecular complexity index is 1150. The highest BCUT2D eigenvalue weighted by Crippen LogP contribution is 2.47. The van der Waals surface area contributed by atoms with Crippen molar-refractivity contribution in [2.75, 3.05) is 19.9 Å². The van der Waals surface area contributed by atoms with Gasteiger partial charge in [0.25, 0.3) is 0 Å². The SMILES string of the molecule is COc1ccc(SC)cc1CNC1(C(=O)O)CC2CCN1C(C(c1ccccc1)c1ccccc1)C2. The molecule has 0 aliphatic carbocycles.